The summed E-state index contributed by atoms with van der Waals surface area (Å²) >= 11 is 0. The molecule has 142 valence electrons. The van der Waals surface area contributed by atoms with E-state index < -0.39 is 0 Å². The summed E-state index contributed by atoms with van der Waals surface area (Å²) in [6, 6.07) is 16.4. The Morgan fingerprint density at radius 1 is 0.643 bits per heavy atom. The minimum absolute atomic E-state index is 0. The summed E-state index contributed by atoms with van der Waals surface area (Å²) in [5.41, 5.74) is 7.86. The smallest absolute Gasteiger partial charge is 0.0659 e. The van der Waals surface area contributed by atoms with Gasteiger partial charge in [-0.2, -0.15) is 0 Å². The number of nitrogens with zero attached hydrogens (tertiary/aromatic N) is 2. The van der Waals surface area contributed by atoms with Crippen LogP contribution in [0.4, 0.5) is 0 Å². The zero-order valence-corrected chi connectivity index (χ0v) is 16.4. The normalized spacial score (nSPS) is 11.5. The second kappa shape index (κ2) is 8.85. The van der Waals surface area contributed by atoms with Gasteiger partial charge in [0.1, 0.15) is 0 Å². The average molecular weight is 412 g/mol. The van der Waals surface area contributed by atoms with Gasteiger partial charge in [0.15, 0.2) is 0 Å². The molecule has 5 rings (SSSR count). The third kappa shape index (κ3) is 4.67. The van der Waals surface area contributed by atoms with Gasteiger partial charge in [-0.05, 0) is 79.8 Å². The molecule has 0 aromatic carbocycles. The first-order valence-electron chi connectivity index (χ1n) is 8.87. The van der Waals surface area contributed by atoms with Gasteiger partial charge in [-0.25, -0.2) is 9.97 Å². The van der Waals surface area contributed by atoms with Gasteiger partial charge in [0, 0.05) is 45.7 Å². The Kier molecular flexibility index (Phi) is 6.26. The Labute approximate surface area is 173 Å². The van der Waals surface area contributed by atoms with Crippen LogP contribution < -0.4 is 0 Å². The zero-order valence-electron chi connectivity index (χ0n) is 15.3. The molecule has 0 spiro atoms. The maximum Gasteiger partial charge on any atom is 0.0659 e. The molecular weight excluding hydrogens is 392 g/mol. The van der Waals surface area contributed by atoms with Crippen LogP contribution in [-0.4, -0.2) is 31.6 Å². The van der Waals surface area contributed by atoms with Gasteiger partial charge in [-0.15, -0.1) is 0 Å². The molecule has 8 bridgehead atoms. The summed E-state index contributed by atoms with van der Waals surface area (Å²) in [7, 11) is 0. The molecule has 0 atom stereocenters. The van der Waals surface area contributed by atoms with Crippen molar-refractivity contribution in [2.45, 2.75) is 6.92 Å². The Morgan fingerprint density at radius 3 is 1.36 bits per heavy atom. The molecule has 3 N–H and O–H groups in total. The molecule has 2 aliphatic rings. The second-order valence-electron chi connectivity index (χ2n) is 6.22. The van der Waals surface area contributed by atoms with Crippen molar-refractivity contribution >= 4 is 46.4 Å². The number of H-pyrrole nitrogens is 2. The van der Waals surface area contributed by atoms with Crippen LogP contribution in [0.3, 0.4) is 0 Å². The number of fused-ring (bicyclic) bond motifs is 8. The van der Waals surface area contributed by atoms with Gasteiger partial charge in [-0.1, -0.05) is 0 Å². The standard InChI is InChI=1S/C20H14N4.C2H6O.Fe/c1-2-14-10-16-5-6-18(23-16)12-20-8-7-19(24-20)11-17-4-3-15(22-17)9-13(1)21-14;1-2-3;/h1-12,21-22H;3H,2H2,1H3;. The van der Waals surface area contributed by atoms with Crippen LogP contribution in [0.1, 0.15) is 29.7 Å². The Bertz CT molecular complexity index is 1100. The van der Waals surface area contributed by atoms with Crippen molar-refractivity contribution < 1.29 is 22.2 Å². The van der Waals surface area contributed by atoms with E-state index in [2.05, 4.69) is 50.3 Å². The van der Waals surface area contributed by atoms with Gasteiger partial charge in [0.2, 0.25) is 0 Å². The Hall–Kier alpha value is -2.92. The molecular formula is C22H20FeN4O. The average Bonchev–Trinajstić information content (AvgIpc) is 3.41. The Morgan fingerprint density at radius 2 is 0.964 bits per heavy atom. The van der Waals surface area contributed by atoms with Crippen molar-refractivity contribution in [2.75, 3.05) is 6.61 Å². The first-order valence-corrected chi connectivity index (χ1v) is 8.87. The van der Waals surface area contributed by atoms with E-state index in [1.54, 1.807) is 6.92 Å². The number of nitrogens with one attached hydrogen (secondary N) is 2. The van der Waals surface area contributed by atoms with Gasteiger partial charge in [0.25, 0.3) is 0 Å². The SMILES string of the molecule is C1=Cc2cc3ccc(cc4ccc(cc5nc(cc1n2)C=C5)[nH]4)[nH]3.CCO.[Fe]. The summed E-state index contributed by atoms with van der Waals surface area (Å²) in [5, 5.41) is 7.57. The number of hydrogen-bond donors (Lipinski definition) is 3. The quantitative estimate of drug-likeness (QED) is 0.324. The molecule has 28 heavy (non-hydrogen) atoms. The van der Waals surface area contributed by atoms with Crippen molar-refractivity contribution in [1.29, 1.82) is 0 Å². The number of aliphatic hydroxyl groups excluding tert-OH is 1. The third-order valence-corrected chi connectivity index (χ3v) is 4.04. The van der Waals surface area contributed by atoms with Gasteiger partial charge >= 0.3 is 0 Å². The molecule has 0 aliphatic carbocycles. The molecule has 0 saturated carbocycles. The van der Waals surface area contributed by atoms with Crippen LogP contribution in [0, 0.1) is 0 Å². The van der Waals surface area contributed by atoms with Gasteiger partial charge in [-0.3, -0.25) is 0 Å². The third-order valence-electron chi connectivity index (χ3n) is 4.04. The molecule has 2 aliphatic heterocycles. The fourth-order valence-corrected chi connectivity index (χ4v) is 2.94. The van der Waals surface area contributed by atoms with E-state index >= 15 is 0 Å². The van der Waals surface area contributed by atoms with Crippen molar-refractivity contribution in [1.82, 2.24) is 19.9 Å². The number of rotatable bonds is 0. The van der Waals surface area contributed by atoms with Crippen molar-refractivity contribution in [3.8, 4) is 0 Å². The topological polar surface area (TPSA) is 77.6 Å². The molecule has 0 amide bonds. The van der Waals surface area contributed by atoms with Gasteiger partial charge in [0.05, 0.1) is 22.8 Å². The van der Waals surface area contributed by atoms with Crippen LogP contribution in [0.5, 0.6) is 0 Å². The van der Waals surface area contributed by atoms with E-state index in [0.29, 0.717) is 0 Å². The maximum atomic E-state index is 7.57. The molecule has 3 aromatic rings. The number of aromatic nitrogens is 4. The first kappa shape index (κ1) is 19.8. The number of aromatic amines is 2. The summed E-state index contributed by atoms with van der Waals surface area (Å²) in [6.45, 7) is 1.93. The largest absolute Gasteiger partial charge is 0.397 e. The van der Waals surface area contributed by atoms with Crippen molar-refractivity contribution in [3.05, 3.63) is 71.3 Å². The van der Waals surface area contributed by atoms with Crippen LogP contribution in [0.15, 0.2) is 48.5 Å². The van der Waals surface area contributed by atoms with E-state index in [-0.39, 0.29) is 23.7 Å². The summed E-state index contributed by atoms with van der Waals surface area (Å²) < 4.78 is 0. The van der Waals surface area contributed by atoms with Crippen LogP contribution in [0.2, 0.25) is 0 Å². The van der Waals surface area contributed by atoms with Gasteiger partial charge < -0.3 is 15.1 Å². The minimum Gasteiger partial charge on any atom is -0.397 e. The van der Waals surface area contributed by atoms with E-state index in [0.717, 1.165) is 44.8 Å². The van der Waals surface area contributed by atoms with Crippen molar-refractivity contribution in [3.63, 3.8) is 0 Å². The fraction of sp³-hybridized carbons (Fsp3) is 0.0909. The monoisotopic (exact) mass is 412 g/mol. The van der Waals surface area contributed by atoms with E-state index in [1.165, 1.54) is 0 Å². The molecule has 0 unspecified atom stereocenters. The molecule has 0 radical (unpaired) electrons. The molecule has 5 nitrogen and oxygen atoms in total. The predicted molar refractivity (Wildman–Crippen MR) is 112 cm³/mol. The molecule has 5 heterocycles. The zero-order chi connectivity index (χ0) is 18.6. The van der Waals surface area contributed by atoms with E-state index in [4.69, 9.17) is 5.11 Å². The Balaban J connectivity index is 0.000000531. The summed E-state index contributed by atoms with van der Waals surface area (Å²) in [6.07, 6.45) is 8.05. The van der Waals surface area contributed by atoms with Crippen LogP contribution in [-0.2, 0) is 17.1 Å². The van der Waals surface area contributed by atoms with E-state index in [1.807, 2.05) is 42.5 Å². The predicted octanol–water partition coefficient (Wildman–Crippen LogP) is 4.65. The minimum atomic E-state index is 0. The van der Waals surface area contributed by atoms with Crippen molar-refractivity contribution in [2.24, 2.45) is 0 Å². The first-order chi connectivity index (χ1) is 13.2. The number of aliphatic hydroxyl groups is 1. The van der Waals surface area contributed by atoms with E-state index in [9.17, 15) is 0 Å². The molecule has 0 saturated heterocycles. The summed E-state index contributed by atoms with van der Waals surface area (Å²) in [5.74, 6) is 0. The maximum absolute atomic E-state index is 7.57. The molecule has 6 heteroatoms. The molecule has 3 aromatic heterocycles. The number of hydrogen-bond acceptors (Lipinski definition) is 3. The van der Waals surface area contributed by atoms with Crippen LogP contribution in [0.25, 0.3) is 46.4 Å². The fourth-order valence-electron chi connectivity index (χ4n) is 2.94. The summed E-state index contributed by atoms with van der Waals surface area (Å²) in [4.78, 5) is 16.0. The second-order valence-corrected chi connectivity index (χ2v) is 6.22. The van der Waals surface area contributed by atoms with Crippen LogP contribution >= 0.6 is 0 Å². The molecule has 0 fully saturated rings.